The van der Waals surface area contributed by atoms with Gasteiger partial charge in [-0.05, 0) is 44.4 Å². The first kappa shape index (κ1) is 20.6. The molecule has 2 aromatic carbocycles. The molecule has 1 heterocycles. The summed E-state index contributed by atoms with van der Waals surface area (Å²) >= 11 is 0. The first-order chi connectivity index (χ1) is 14.7. The summed E-state index contributed by atoms with van der Waals surface area (Å²) in [6.45, 7) is 6.56. The number of aliphatic hydroxyl groups excluding tert-OH is 1. The van der Waals surface area contributed by atoms with E-state index in [0.29, 0.717) is 11.1 Å². The van der Waals surface area contributed by atoms with Gasteiger partial charge in [0.1, 0.15) is 40.4 Å². The van der Waals surface area contributed by atoms with Gasteiger partial charge in [0.25, 0.3) is 0 Å². The Hall–Kier alpha value is -3.67. The van der Waals surface area contributed by atoms with Crippen molar-refractivity contribution in [1.82, 2.24) is 0 Å². The van der Waals surface area contributed by atoms with Crippen molar-refractivity contribution in [2.45, 2.75) is 39.7 Å². The van der Waals surface area contributed by atoms with E-state index in [4.69, 9.17) is 9.47 Å². The number of rotatable bonds is 4. The maximum Gasteiger partial charge on any atom is 0.342 e. The second-order valence-electron chi connectivity index (χ2n) is 8.03. The Balaban J connectivity index is 1.80. The number of Topliss-reactive ketones (excluding diaryl/α,β-unsaturated/α-hetero) is 2. The molecule has 1 atom stereocenters. The molecule has 1 aliphatic carbocycles. The van der Waals surface area contributed by atoms with E-state index in [1.54, 1.807) is 19.9 Å². The lowest BCUT2D eigenvalue weighted by Crippen LogP contribution is -2.39. The topological polar surface area (TPSA) is 89.9 Å². The largest absolute Gasteiger partial charge is 0.507 e. The van der Waals surface area contributed by atoms with Gasteiger partial charge in [-0.15, -0.1) is 0 Å². The molecule has 1 N–H and O–H groups in total. The van der Waals surface area contributed by atoms with Gasteiger partial charge < -0.3 is 14.6 Å². The predicted molar refractivity (Wildman–Crippen MR) is 113 cm³/mol. The summed E-state index contributed by atoms with van der Waals surface area (Å²) in [5, 5.41) is 10.3. The minimum atomic E-state index is -1.31. The average molecular weight is 418 g/mol. The summed E-state index contributed by atoms with van der Waals surface area (Å²) in [5.74, 6) is -1.67. The molecule has 1 aliphatic heterocycles. The summed E-state index contributed by atoms with van der Waals surface area (Å²) in [6, 6.07) is 11.1. The van der Waals surface area contributed by atoms with Crippen molar-refractivity contribution in [3.63, 3.8) is 0 Å². The number of fused-ring (bicyclic) bond motifs is 3. The van der Waals surface area contributed by atoms with E-state index in [9.17, 15) is 19.5 Å². The van der Waals surface area contributed by atoms with Gasteiger partial charge in [-0.2, -0.15) is 0 Å². The zero-order chi connectivity index (χ0) is 22.5. The molecule has 0 amide bonds. The molecule has 4 rings (SSSR count). The van der Waals surface area contributed by atoms with Crippen LogP contribution in [0.1, 0.15) is 46.5 Å². The molecule has 1 unspecified atom stereocenters. The molecule has 2 aliphatic rings. The summed E-state index contributed by atoms with van der Waals surface area (Å²) in [7, 11) is 0. The van der Waals surface area contributed by atoms with Crippen molar-refractivity contribution in [3.8, 4) is 5.75 Å². The quantitative estimate of drug-likeness (QED) is 0.592. The molecule has 0 saturated carbocycles. The van der Waals surface area contributed by atoms with Gasteiger partial charge in [-0.1, -0.05) is 36.4 Å². The van der Waals surface area contributed by atoms with E-state index in [2.05, 4.69) is 0 Å². The molecule has 6 nitrogen and oxygen atoms in total. The van der Waals surface area contributed by atoms with Gasteiger partial charge in [0.05, 0.1) is 0 Å². The minimum absolute atomic E-state index is 0.0947. The summed E-state index contributed by atoms with van der Waals surface area (Å²) in [6.07, 6.45) is 1.28. The summed E-state index contributed by atoms with van der Waals surface area (Å²) in [4.78, 5) is 38.3. The Morgan fingerprint density at radius 3 is 2.45 bits per heavy atom. The Morgan fingerprint density at radius 1 is 1.13 bits per heavy atom. The standard InChI is InChI=1S/C25H22O6/c1-13-10-14(2)21-22(19(13)24(29)30-12-16-8-6-5-7-9-16)31-18-11-17(27)20(15(3)26)23(28)25(18,21)4/h5-11,27H,12H2,1-4H3. The van der Waals surface area contributed by atoms with Crippen LogP contribution in [0.5, 0.6) is 5.75 Å². The van der Waals surface area contributed by atoms with Crippen molar-refractivity contribution >= 4 is 17.5 Å². The first-order valence-corrected chi connectivity index (χ1v) is 9.91. The van der Waals surface area contributed by atoms with Crippen LogP contribution < -0.4 is 4.74 Å². The fourth-order valence-electron chi connectivity index (χ4n) is 4.36. The molecule has 31 heavy (non-hydrogen) atoms. The van der Waals surface area contributed by atoms with Crippen LogP contribution in [0.2, 0.25) is 0 Å². The third-order valence-corrected chi connectivity index (χ3v) is 5.85. The van der Waals surface area contributed by atoms with Crippen LogP contribution >= 0.6 is 0 Å². The zero-order valence-corrected chi connectivity index (χ0v) is 17.7. The molecule has 158 valence electrons. The number of esters is 1. The van der Waals surface area contributed by atoms with Gasteiger partial charge in [-0.3, -0.25) is 9.59 Å². The second-order valence-corrected chi connectivity index (χ2v) is 8.03. The van der Waals surface area contributed by atoms with Crippen LogP contribution in [0, 0.1) is 13.8 Å². The fourth-order valence-corrected chi connectivity index (χ4v) is 4.36. The Labute approximate surface area is 179 Å². The van der Waals surface area contributed by atoms with Crippen LogP contribution in [0.15, 0.2) is 59.6 Å². The van der Waals surface area contributed by atoms with Crippen molar-refractivity contribution in [2.24, 2.45) is 0 Å². The van der Waals surface area contributed by atoms with Gasteiger partial charge >= 0.3 is 5.97 Å². The van der Waals surface area contributed by atoms with Crippen LogP contribution in [0.25, 0.3) is 0 Å². The van der Waals surface area contributed by atoms with Gasteiger partial charge in [0.2, 0.25) is 0 Å². The van der Waals surface area contributed by atoms with E-state index >= 15 is 0 Å². The third-order valence-electron chi connectivity index (χ3n) is 5.85. The van der Waals surface area contributed by atoms with Gasteiger partial charge in [0.15, 0.2) is 11.6 Å². The number of aryl methyl sites for hydroxylation is 2. The Bertz CT molecular complexity index is 1200. The highest BCUT2D eigenvalue weighted by Gasteiger charge is 2.54. The highest BCUT2D eigenvalue weighted by molar-refractivity contribution is 6.25. The maximum atomic E-state index is 13.3. The van der Waals surface area contributed by atoms with E-state index in [1.165, 1.54) is 13.0 Å². The lowest BCUT2D eigenvalue weighted by atomic mass is 9.70. The number of benzene rings is 2. The molecule has 0 fully saturated rings. The highest BCUT2D eigenvalue weighted by Crippen LogP contribution is 2.53. The molecule has 0 bridgehead atoms. The van der Waals surface area contributed by atoms with E-state index < -0.39 is 28.7 Å². The van der Waals surface area contributed by atoms with Crippen molar-refractivity contribution in [1.29, 1.82) is 0 Å². The monoisotopic (exact) mass is 418 g/mol. The maximum absolute atomic E-state index is 13.3. The van der Waals surface area contributed by atoms with Crippen molar-refractivity contribution < 1.29 is 29.0 Å². The second kappa shape index (κ2) is 7.23. The summed E-state index contributed by atoms with van der Waals surface area (Å²) < 4.78 is 11.5. The molecule has 0 saturated heterocycles. The number of carbonyl (C=O) groups excluding carboxylic acids is 3. The predicted octanol–water partition coefficient (Wildman–Crippen LogP) is 4.18. The van der Waals surface area contributed by atoms with Gasteiger partial charge in [-0.25, -0.2) is 4.79 Å². The average Bonchev–Trinajstić information content (AvgIpc) is 3.00. The lowest BCUT2D eigenvalue weighted by molar-refractivity contribution is -0.123. The van der Waals surface area contributed by atoms with Crippen LogP contribution in [0.3, 0.4) is 0 Å². The smallest absolute Gasteiger partial charge is 0.342 e. The molecule has 0 aromatic heterocycles. The number of ketones is 2. The highest BCUT2D eigenvalue weighted by atomic mass is 16.5. The van der Waals surface area contributed by atoms with Crippen molar-refractivity contribution in [2.75, 3.05) is 0 Å². The normalized spacial score (nSPS) is 19.4. The molecular weight excluding hydrogens is 396 g/mol. The number of hydrogen-bond acceptors (Lipinski definition) is 6. The number of ether oxygens (including phenoxy) is 2. The number of aliphatic hydroxyl groups is 1. The molecule has 0 spiro atoms. The van der Waals surface area contributed by atoms with Gasteiger partial charge in [0, 0.05) is 11.6 Å². The van der Waals surface area contributed by atoms with Crippen LogP contribution in [-0.4, -0.2) is 22.6 Å². The van der Waals surface area contributed by atoms with E-state index in [-0.39, 0.29) is 29.3 Å². The third kappa shape index (κ3) is 3.06. The van der Waals surface area contributed by atoms with E-state index in [0.717, 1.165) is 11.1 Å². The molecule has 2 aromatic rings. The van der Waals surface area contributed by atoms with Crippen molar-refractivity contribution in [3.05, 3.63) is 87.4 Å². The Kier molecular flexibility index (Phi) is 4.81. The zero-order valence-electron chi connectivity index (χ0n) is 17.7. The number of hydrogen-bond donors (Lipinski definition) is 1. The van der Waals surface area contributed by atoms with Crippen LogP contribution in [-0.2, 0) is 26.3 Å². The van der Waals surface area contributed by atoms with Crippen LogP contribution in [0.4, 0.5) is 0 Å². The SMILES string of the molecule is CC(=O)C1=C(O)C=C2Oc3c(C(=O)OCc4ccccc4)c(C)cc(C)c3C2(C)C1=O. The molecular formula is C25H22O6. The number of allylic oxidation sites excluding steroid dienone is 3. The summed E-state index contributed by atoms with van der Waals surface area (Å²) in [5.41, 5.74) is 1.39. The molecule has 6 heteroatoms. The molecule has 0 radical (unpaired) electrons. The minimum Gasteiger partial charge on any atom is -0.507 e. The lowest BCUT2D eigenvalue weighted by Gasteiger charge is -2.28. The Morgan fingerprint density at radius 2 is 1.81 bits per heavy atom. The van der Waals surface area contributed by atoms with E-state index in [1.807, 2.05) is 37.3 Å². The first-order valence-electron chi connectivity index (χ1n) is 9.91. The fraction of sp³-hybridized carbons (Fsp3) is 0.240. The number of carbonyl (C=O) groups is 3.